The van der Waals surface area contributed by atoms with E-state index < -0.39 is 0 Å². The van der Waals surface area contributed by atoms with Crippen molar-refractivity contribution in [2.45, 2.75) is 13.0 Å². The monoisotopic (exact) mass is 370 g/mol. The van der Waals surface area contributed by atoms with Gasteiger partial charge in [-0.3, -0.25) is 0 Å². The lowest BCUT2D eigenvalue weighted by Gasteiger charge is -2.15. The van der Waals surface area contributed by atoms with Gasteiger partial charge in [0.15, 0.2) is 0 Å². The van der Waals surface area contributed by atoms with E-state index in [9.17, 15) is 0 Å². The Morgan fingerprint density at radius 1 is 1.25 bits per heavy atom. The fraction of sp³-hybridized carbons (Fsp3) is 0.150. The van der Waals surface area contributed by atoms with Crippen molar-refractivity contribution in [2.75, 3.05) is 12.3 Å². The van der Waals surface area contributed by atoms with Gasteiger partial charge in [-0.05, 0) is 36.1 Å². The first-order valence-corrected chi connectivity index (χ1v) is 9.00. The summed E-state index contributed by atoms with van der Waals surface area (Å²) >= 11 is 0. The molecule has 28 heavy (non-hydrogen) atoms. The summed E-state index contributed by atoms with van der Waals surface area (Å²) in [5.74, 6) is 0.767. The molecule has 1 aliphatic rings. The first kappa shape index (κ1) is 16.8. The minimum absolute atomic E-state index is 0.0112. The molecule has 7 nitrogen and oxygen atoms in total. The molecule has 137 valence electrons. The third-order valence-electron chi connectivity index (χ3n) is 4.76. The zero-order chi connectivity index (χ0) is 19.1. The van der Waals surface area contributed by atoms with Crippen molar-refractivity contribution in [1.29, 1.82) is 0 Å². The molecule has 0 fully saturated rings. The molecule has 0 saturated carbocycles. The summed E-state index contributed by atoms with van der Waals surface area (Å²) < 4.78 is 13.5. The van der Waals surface area contributed by atoms with Crippen LogP contribution in [0.4, 0.5) is 5.69 Å². The second-order valence-electron chi connectivity index (χ2n) is 6.77. The average molecular weight is 370 g/mol. The molecule has 0 aliphatic carbocycles. The van der Waals surface area contributed by atoms with Crippen LogP contribution in [0.2, 0.25) is 0 Å². The van der Waals surface area contributed by atoms with Gasteiger partial charge in [-0.25, -0.2) is 4.68 Å². The lowest BCUT2D eigenvalue weighted by atomic mass is 9.84. The number of rotatable bonds is 2. The summed E-state index contributed by atoms with van der Waals surface area (Å²) in [6.07, 6.45) is 5.21. The smallest absolute Gasteiger partial charge is 0.334 e. The Hall–Kier alpha value is -3.39. The maximum absolute atomic E-state index is 6.02. The molecule has 1 radical (unpaired) electrons. The third-order valence-corrected chi connectivity index (χ3v) is 4.76. The van der Waals surface area contributed by atoms with E-state index in [0.717, 1.165) is 38.9 Å². The minimum Gasteiger partial charge on any atom is -0.491 e. The van der Waals surface area contributed by atoms with Crippen LogP contribution in [0.25, 0.3) is 27.7 Å². The van der Waals surface area contributed by atoms with Gasteiger partial charge in [0.1, 0.15) is 12.4 Å². The molecule has 0 spiro atoms. The normalized spacial score (nSPS) is 16.1. The highest BCUT2D eigenvalue weighted by Gasteiger charge is 2.20. The van der Waals surface area contributed by atoms with Gasteiger partial charge in [-0.1, -0.05) is 12.1 Å². The lowest BCUT2D eigenvalue weighted by Crippen LogP contribution is -2.21. The van der Waals surface area contributed by atoms with Crippen LogP contribution in [0, 0.1) is 0 Å². The first-order chi connectivity index (χ1) is 13.7. The molecular weight excluding hydrogens is 353 g/mol. The molecule has 3 heterocycles. The summed E-state index contributed by atoms with van der Waals surface area (Å²) in [7, 11) is 1.75. The quantitative estimate of drug-likeness (QED) is 0.544. The molecule has 0 saturated heterocycles. The number of anilines is 1. The van der Waals surface area contributed by atoms with Crippen LogP contribution in [0.15, 0.2) is 55.0 Å². The number of hydrogen-bond donors (Lipinski definition) is 1. The number of fused-ring (bicyclic) bond motifs is 2. The number of nitrogens with zero attached hydrogens (tertiary/aromatic N) is 4. The van der Waals surface area contributed by atoms with Crippen LogP contribution in [0.3, 0.4) is 0 Å². The fourth-order valence-electron chi connectivity index (χ4n) is 3.32. The molecule has 2 N–H and O–H groups in total. The maximum atomic E-state index is 6.02. The highest BCUT2D eigenvalue weighted by atomic mass is 16.5. The summed E-state index contributed by atoms with van der Waals surface area (Å²) in [5, 5.41) is 13.5. The highest BCUT2D eigenvalue weighted by Crippen LogP contribution is 2.32. The van der Waals surface area contributed by atoms with E-state index in [-0.39, 0.29) is 6.10 Å². The number of nitrogen functional groups attached to an aromatic ring is 1. The molecule has 2 aromatic carbocycles. The van der Waals surface area contributed by atoms with Crippen LogP contribution >= 0.6 is 0 Å². The molecule has 1 atom stereocenters. The van der Waals surface area contributed by atoms with E-state index in [2.05, 4.69) is 15.3 Å². The zero-order valence-corrected chi connectivity index (χ0v) is 15.2. The second kappa shape index (κ2) is 6.65. The molecule has 1 unspecified atom stereocenters. The van der Waals surface area contributed by atoms with Gasteiger partial charge in [0.25, 0.3) is 0 Å². The fourth-order valence-corrected chi connectivity index (χ4v) is 3.32. The molecule has 1 aliphatic heterocycles. The first-order valence-electron chi connectivity index (χ1n) is 9.00. The van der Waals surface area contributed by atoms with E-state index in [4.69, 9.17) is 15.1 Å². The summed E-state index contributed by atoms with van der Waals surface area (Å²) in [5.41, 5.74) is 11.1. The van der Waals surface area contributed by atoms with Gasteiger partial charge in [-0.2, -0.15) is 15.3 Å². The molecule has 0 amide bonds. The summed E-state index contributed by atoms with van der Waals surface area (Å²) in [4.78, 5) is 0. The van der Waals surface area contributed by atoms with Gasteiger partial charge in [0, 0.05) is 29.4 Å². The molecule has 8 heteroatoms. The van der Waals surface area contributed by atoms with Gasteiger partial charge in [0.2, 0.25) is 0 Å². The molecular formula is C20H17BN5O2. The molecule has 0 bridgehead atoms. The van der Waals surface area contributed by atoms with Crippen LogP contribution in [0.1, 0.15) is 6.92 Å². The number of hydrogen-bond acceptors (Lipinski definition) is 6. The second-order valence-corrected chi connectivity index (χ2v) is 6.77. The largest absolute Gasteiger partial charge is 0.491 e. The third kappa shape index (κ3) is 2.88. The number of aromatic nitrogens is 4. The number of benzene rings is 2. The minimum atomic E-state index is -0.0112. The standard InChI is InChI=1S/C20H17BN5O2/c1-12-11-27-20-9-19(26-6-2-5-24-26)15(8-16(20)21-28-12)13-3-4-14-17(22)10-23-25-18(14)7-13/h2-10,12H,11H2,1H3,(H2,22,25). The number of nitrogens with two attached hydrogens (primary N) is 1. The van der Waals surface area contributed by atoms with Gasteiger partial charge in [-0.15, -0.1) is 0 Å². The van der Waals surface area contributed by atoms with E-state index in [1.54, 1.807) is 19.9 Å². The van der Waals surface area contributed by atoms with Crippen molar-refractivity contribution in [1.82, 2.24) is 20.0 Å². The van der Waals surface area contributed by atoms with Gasteiger partial charge in [0.05, 0.1) is 29.2 Å². The van der Waals surface area contributed by atoms with Crippen molar-refractivity contribution in [3.8, 4) is 22.6 Å². The summed E-state index contributed by atoms with van der Waals surface area (Å²) in [6, 6.07) is 11.9. The average Bonchev–Trinajstić information content (AvgIpc) is 3.18. The van der Waals surface area contributed by atoms with Crippen molar-refractivity contribution in [3.63, 3.8) is 0 Å². The van der Waals surface area contributed by atoms with Crippen LogP contribution in [-0.2, 0) is 4.65 Å². The Morgan fingerprint density at radius 3 is 3.04 bits per heavy atom. The highest BCUT2D eigenvalue weighted by molar-refractivity contribution is 6.48. The Bertz CT molecular complexity index is 1160. The SMILES string of the molecule is CC1COc2cc(-n3cccn3)c(-c3ccc4c(N)cnnc4c3)cc2[B]O1. The number of ether oxygens (including phenoxy) is 1. The van der Waals surface area contributed by atoms with E-state index in [0.29, 0.717) is 12.3 Å². The summed E-state index contributed by atoms with van der Waals surface area (Å²) in [6.45, 7) is 2.47. The molecule has 4 aromatic rings. The van der Waals surface area contributed by atoms with Crippen LogP contribution in [-0.4, -0.2) is 40.2 Å². The Morgan fingerprint density at radius 2 is 2.18 bits per heavy atom. The Kier molecular flexibility index (Phi) is 3.98. The van der Waals surface area contributed by atoms with E-state index in [1.807, 2.05) is 54.2 Å². The Labute approximate surface area is 162 Å². The maximum Gasteiger partial charge on any atom is 0.334 e. The van der Waals surface area contributed by atoms with Crippen molar-refractivity contribution < 1.29 is 9.39 Å². The topological polar surface area (TPSA) is 88.1 Å². The molecule has 2 aromatic heterocycles. The predicted octanol–water partition coefficient (Wildman–Crippen LogP) is 2.11. The van der Waals surface area contributed by atoms with Crippen LogP contribution in [0.5, 0.6) is 5.75 Å². The Balaban J connectivity index is 1.72. The van der Waals surface area contributed by atoms with Gasteiger partial charge >= 0.3 is 7.48 Å². The zero-order valence-electron chi connectivity index (χ0n) is 15.2. The lowest BCUT2D eigenvalue weighted by molar-refractivity contribution is 0.159. The van der Waals surface area contributed by atoms with Crippen molar-refractivity contribution >= 4 is 29.5 Å². The van der Waals surface area contributed by atoms with Gasteiger partial charge < -0.3 is 15.1 Å². The van der Waals surface area contributed by atoms with E-state index in [1.165, 1.54) is 0 Å². The van der Waals surface area contributed by atoms with Crippen LogP contribution < -0.4 is 15.9 Å². The van der Waals surface area contributed by atoms with Crippen molar-refractivity contribution in [3.05, 3.63) is 55.0 Å². The molecule has 5 rings (SSSR count). The van der Waals surface area contributed by atoms with E-state index >= 15 is 0 Å². The predicted molar refractivity (Wildman–Crippen MR) is 108 cm³/mol. The van der Waals surface area contributed by atoms with Crippen molar-refractivity contribution in [2.24, 2.45) is 0 Å².